The number of hydrogen-bond acceptors (Lipinski definition) is 2. The zero-order valence-corrected chi connectivity index (χ0v) is 14.2. The van der Waals surface area contributed by atoms with Crippen molar-refractivity contribution < 1.29 is 6.22 Å². The van der Waals surface area contributed by atoms with Gasteiger partial charge in [0.05, 0.1) is 6.04 Å². The lowest BCUT2D eigenvalue weighted by molar-refractivity contribution is -0.119. The second kappa shape index (κ2) is 5.94. The molecular formula is C20H30N2O. The summed E-state index contributed by atoms with van der Waals surface area (Å²) in [7, 11) is 0. The third kappa shape index (κ3) is 2.69. The molecule has 4 rings (SSSR count). The number of nitrogens with zero attached hydrogens (tertiary/aromatic N) is 1. The van der Waals surface area contributed by atoms with Crippen LogP contribution in [0.4, 0.5) is 0 Å². The Balaban J connectivity index is 0.00000169. The quantitative estimate of drug-likeness (QED) is 0.901. The van der Waals surface area contributed by atoms with Gasteiger partial charge < -0.3 is 10.2 Å². The van der Waals surface area contributed by atoms with E-state index in [0.29, 0.717) is 5.41 Å². The molecule has 2 fully saturated rings. The molecule has 1 saturated carbocycles. The molecule has 0 bridgehead atoms. The molecule has 126 valence electrons. The fraction of sp³-hybridized carbons (Fsp3) is 0.650. The Morgan fingerprint density at radius 2 is 1.91 bits per heavy atom. The van der Waals surface area contributed by atoms with Crippen molar-refractivity contribution in [1.82, 2.24) is 10.2 Å². The molecule has 23 heavy (non-hydrogen) atoms. The molecule has 2 aliphatic carbocycles. The van der Waals surface area contributed by atoms with Gasteiger partial charge in [-0.3, -0.25) is 4.79 Å². The van der Waals surface area contributed by atoms with Crippen molar-refractivity contribution in [3.8, 4) is 0 Å². The molecule has 0 radical (unpaired) electrons. The highest BCUT2D eigenvalue weighted by molar-refractivity contribution is 5.73. The van der Waals surface area contributed by atoms with Gasteiger partial charge in [0, 0.05) is 19.8 Å². The summed E-state index contributed by atoms with van der Waals surface area (Å²) in [4.78, 5) is 14.3. The van der Waals surface area contributed by atoms with Crippen molar-refractivity contribution in [2.45, 2.75) is 69.4 Å². The molecule has 1 aromatic carbocycles. The maximum absolute atomic E-state index is 11.6. The predicted molar refractivity (Wildman–Crippen MR) is 94.5 cm³/mol. The second-order valence-electron chi connectivity index (χ2n) is 7.80. The largest absolute Gasteiger partial charge is 0.349 e. The lowest BCUT2D eigenvalue weighted by Crippen LogP contribution is -2.45. The normalized spacial score (nSPS) is 27.3. The molecule has 1 atom stereocenters. The first-order valence-electron chi connectivity index (χ1n) is 9.28. The molecule has 1 unspecified atom stereocenters. The lowest BCUT2D eigenvalue weighted by Gasteiger charge is -2.42. The van der Waals surface area contributed by atoms with Gasteiger partial charge in [0.15, 0.2) is 0 Å². The summed E-state index contributed by atoms with van der Waals surface area (Å²) in [6.07, 6.45) is 9.22. The highest BCUT2D eigenvalue weighted by Crippen LogP contribution is 2.51. The summed E-state index contributed by atoms with van der Waals surface area (Å²) in [6, 6.07) is 9.86. The number of hydrogen-bond donors (Lipinski definition) is 1. The van der Waals surface area contributed by atoms with Gasteiger partial charge in [-0.2, -0.15) is 0 Å². The van der Waals surface area contributed by atoms with E-state index in [1.165, 1.54) is 62.7 Å². The fourth-order valence-corrected chi connectivity index (χ4v) is 5.33. The lowest BCUT2D eigenvalue weighted by atomic mass is 9.73. The van der Waals surface area contributed by atoms with Crippen molar-refractivity contribution in [2.75, 3.05) is 13.1 Å². The number of rotatable bonds is 2. The Bertz CT molecular complexity index is 589. The molecule has 1 N–H and O–H groups in total. The Morgan fingerprint density at radius 3 is 2.61 bits per heavy atom. The van der Waals surface area contributed by atoms with E-state index in [0.717, 1.165) is 12.5 Å². The number of carbonyl (C=O) groups is 1. The predicted octanol–water partition coefficient (Wildman–Crippen LogP) is 3.79. The van der Waals surface area contributed by atoms with Gasteiger partial charge in [0.25, 0.3) is 0 Å². The maximum atomic E-state index is 11.6. The summed E-state index contributed by atoms with van der Waals surface area (Å²) >= 11 is 0. The third-order valence-electron chi connectivity index (χ3n) is 6.48. The zero-order valence-electron chi connectivity index (χ0n) is 14.2. The Hall–Kier alpha value is -1.35. The van der Waals surface area contributed by atoms with Crippen LogP contribution in [0.15, 0.2) is 24.3 Å². The second-order valence-corrected chi connectivity index (χ2v) is 7.80. The fourth-order valence-electron chi connectivity index (χ4n) is 5.33. The minimum atomic E-state index is 0. The Kier molecular flexibility index (Phi) is 3.92. The van der Waals surface area contributed by atoms with Gasteiger partial charge in [0.2, 0.25) is 5.91 Å². The monoisotopic (exact) mass is 314 g/mol. The van der Waals surface area contributed by atoms with Crippen LogP contribution in [0, 0.1) is 0 Å². The molecule has 3 heteroatoms. The van der Waals surface area contributed by atoms with Gasteiger partial charge in [-0.1, -0.05) is 37.1 Å². The molecule has 1 saturated heterocycles. The average molecular weight is 314 g/mol. The molecular weight excluding hydrogens is 284 g/mol. The van der Waals surface area contributed by atoms with Crippen molar-refractivity contribution in [2.24, 2.45) is 0 Å². The molecule has 1 aromatic rings. The van der Waals surface area contributed by atoms with Crippen LogP contribution in [0.2, 0.25) is 0 Å². The van der Waals surface area contributed by atoms with Crippen molar-refractivity contribution in [3.05, 3.63) is 35.4 Å². The van der Waals surface area contributed by atoms with Crippen LogP contribution in [-0.4, -0.2) is 29.9 Å². The number of likely N-dealkylation sites (tertiary alicyclic amines) is 1. The molecule has 1 heterocycles. The molecule has 1 amide bonds. The molecule has 3 aliphatic rings. The van der Waals surface area contributed by atoms with Crippen LogP contribution in [0.1, 0.15) is 70.5 Å². The highest BCUT2D eigenvalue weighted by atomic mass is 16.1. The summed E-state index contributed by atoms with van der Waals surface area (Å²) in [5.74, 6) is 0.0882. The van der Waals surface area contributed by atoms with Crippen LogP contribution in [0.5, 0.6) is 0 Å². The summed E-state index contributed by atoms with van der Waals surface area (Å²) in [5, 5.41) is 3.18. The Labute approximate surface area is 140 Å². The van der Waals surface area contributed by atoms with E-state index in [1.807, 2.05) is 0 Å². The number of benzene rings is 1. The minimum Gasteiger partial charge on any atom is -0.349 e. The van der Waals surface area contributed by atoms with Gasteiger partial charge >= 0.3 is 0 Å². The van der Waals surface area contributed by atoms with Gasteiger partial charge in [0.1, 0.15) is 0 Å². The summed E-state index contributed by atoms with van der Waals surface area (Å²) in [6.45, 7) is 4.09. The first kappa shape index (κ1) is 15.2. The van der Waals surface area contributed by atoms with Crippen molar-refractivity contribution in [1.29, 1.82) is 0 Å². The average Bonchev–Trinajstić information content (AvgIpc) is 3.17. The van der Waals surface area contributed by atoms with Crippen LogP contribution >= 0.6 is 0 Å². The number of carbonyl (C=O) groups excluding carboxylic acids is 1. The SMILES string of the molecule is CC(=O)NC1CC2(CCN(C3CCCC3)CC2)c2ccccc21.[HH]. The van der Waals surface area contributed by atoms with Gasteiger partial charge in [-0.25, -0.2) is 0 Å². The van der Waals surface area contributed by atoms with E-state index in [2.05, 4.69) is 34.5 Å². The van der Waals surface area contributed by atoms with Crippen LogP contribution < -0.4 is 5.32 Å². The van der Waals surface area contributed by atoms with E-state index in [9.17, 15) is 4.79 Å². The van der Waals surface area contributed by atoms with E-state index in [1.54, 1.807) is 6.92 Å². The van der Waals surface area contributed by atoms with E-state index in [4.69, 9.17) is 0 Å². The third-order valence-corrected chi connectivity index (χ3v) is 6.48. The number of piperidine rings is 1. The first-order valence-corrected chi connectivity index (χ1v) is 9.28. The van der Waals surface area contributed by atoms with Crippen LogP contribution in [0.3, 0.4) is 0 Å². The maximum Gasteiger partial charge on any atom is 0.217 e. The van der Waals surface area contributed by atoms with Crippen LogP contribution in [0.25, 0.3) is 0 Å². The van der Waals surface area contributed by atoms with E-state index < -0.39 is 0 Å². The van der Waals surface area contributed by atoms with Gasteiger partial charge in [-0.05, 0) is 56.3 Å². The smallest absolute Gasteiger partial charge is 0.217 e. The first-order chi connectivity index (χ1) is 11.2. The highest BCUT2D eigenvalue weighted by Gasteiger charge is 2.46. The summed E-state index contributed by atoms with van der Waals surface area (Å²) < 4.78 is 0. The number of nitrogens with one attached hydrogen (secondary N) is 1. The van der Waals surface area contributed by atoms with Crippen molar-refractivity contribution in [3.63, 3.8) is 0 Å². The number of amides is 1. The molecule has 0 aromatic heterocycles. The summed E-state index contributed by atoms with van der Waals surface area (Å²) in [5.41, 5.74) is 3.15. The van der Waals surface area contributed by atoms with E-state index in [-0.39, 0.29) is 13.4 Å². The van der Waals surface area contributed by atoms with Gasteiger partial charge in [-0.15, -0.1) is 0 Å². The molecule has 1 spiro atoms. The number of fused-ring (bicyclic) bond motifs is 2. The molecule has 1 aliphatic heterocycles. The topological polar surface area (TPSA) is 32.3 Å². The minimum absolute atomic E-state index is 0. The Morgan fingerprint density at radius 1 is 1.22 bits per heavy atom. The van der Waals surface area contributed by atoms with Crippen LogP contribution in [-0.2, 0) is 10.2 Å². The van der Waals surface area contributed by atoms with E-state index >= 15 is 0 Å². The standard InChI is InChI=1S/C20H28N2O.H2/c1-15(23)21-19-14-20(18-9-5-4-8-17(18)19)10-12-22(13-11-20)16-6-2-3-7-16;/h4-5,8-9,16,19H,2-3,6-7,10-14H2,1H3,(H,21,23);1H. The zero-order chi connectivity index (χ0) is 15.9. The van der Waals surface area contributed by atoms with Crippen molar-refractivity contribution >= 4 is 5.91 Å². The molecule has 3 nitrogen and oxygen atoms in total.